The molecule has 0 radical (unpaired) electrons. The lowest BCUT2D eigenvalue weighted by Crippen LogP contribution is -2.45. The molecule has 1 aromatic rings. The molecule has 6 heteroatoms. The number of nitrogens with two attached hydrogens (primary N) is 1. The molecule has 0 saturated carbocycles. The summed E-state index contributed by atoms with van der Waals surface area (Å²) in [6, 6.07) is 5.43. The monoisotopic (exact) mass is 329 g/mol. The summed E-state index contributed by atoms with van der Waals surface area (Å²) < 4.78 is 0. The second-order valence-corrected chi connectivity index (χ2v) is 6.19. The van der Waals surface area contributed by atoms with Crippen molar-refractivity contribution in [1.82, 2.24) is 4.90 Å². The number of amides is 1. The standard InChI is InChI=1S/C15H21Cl2N3O/c16-11-4-5-13(17)14(9-11)19-15(21)6-8-20-7-2-1-3-12(20)10-18/h4-5,9,12H,1-3,6-8,10,18H2,(H,19,21). The number of nitrogens with zero attached hydrogens (tertiary/aromatic N) is 1. The zero-order chi connectivity index (χ0) is 15.2. The zero-order valence-corrected chi connectivity index (χ0v) is 13.5. The molecular weight excluding hydrogens is 309 g/mol. The number of rotatable bonds is 5. The molecule has 116 valence electrons. The Hall–Kier alpha value is -0.810. The van der Waals surface area contributed by atoms with Crippen LogP contribution in [0.5, 0.6) is 0 Å². The lowest BCUT2D eigenvalue weighted by molar-refractivity contribution is -0.116. The van der Waals surface area contributed by atoms with E-state index in [2.05, 4.69) is 10.2 Å². The van der Waals surface area contributed by atoms with E-state index in [1.54, 1.807) is 18.2 Å². The van der Waals surface area contributed by atoms with E-state index in [0.717, 1.165) is 19.5 Å². The predicted octanol–water partition coefficient (Wildman–Crippen LogP) is 3.14. The molecule has 1 saturated heterocycles. The van der Waals surface area contributed by atoms with Crippen LogP contribution in [0.15, 0.2) is 18.2 Å². The number of nitrogens with one attached hydrogen (secondary N) is 1. The topological polar surface area (TPSA) is 58.4 Å². The van der Waals surface area contributed by atoms with E-state index in [4.69, 9.17) is 28.9 Å². The van der Waals surface area contributed by atoms with Gasteiger partial charge in [0.05, 0.1) is 10.7 Å². The molecule has 1 amide bonds. The number of carbonyl (C=O) groups is 1. The molecule has 1 heterocycles. The van der Waals surface area contributed by atoms with Gasteiger partial charge in [0.2, 0.25) is 5.91 Å². The van der Waals surface area contributed by atoms with Gasteiger partial charge in [-0.3, -0.25) is 9.69 Å². The van der Waals surface area contributed by atoms with Crippen molar-refractivity contribution in [3.63, 3.8) is 0 Å². The number of piperidine rings is 1. The average Bonchev–Trinajstić information content (AvgIpc) is 2.49. The summed E-state index contributed by atoms with van der Waals surface area (Å²) in [5.41, 5.74) is 6.34. The van der Waals surface area contributed by atoms with Crippen LogP contribution in [0.4, 0.5) is 5.69 Å². The van der Waals surface area contributed by atoms with E-state index in [1.165, 1.54) is 12.8 Å². The Kier molecular flexibility index (Phi) is 6.30. The number of likely N-dealkylation sites (tertiary alicyclic amines) is 1. The second-order valence-electron chi connectivity index (χ2n) is 5.34. The highest BCUT2D eigenvalue weighted by atomic mass is 35.5. The van der Waals surface area contributed by atoms with Gasteiger partial charge in [0.15, 0.2) is 0 Å². The molecule has 1 atom stereocenters. The summed E-state index contributed by atoms with van der Waals surface area (Å²) in [6.07, 6.45) is 3.96. The van der Waals surface area contributed by atoms with Crippen molar-refractivity contribution in [2.24, 2.45) is 5.73 Å². The maximum absolute atomic E-state index is 12.0. The van der Waals surface area contributed by atoms with Crippen molar-refractivity contribution in [1.29, 1.82) is 0 Å². The van der Waals surface area contributed by atoms with Gasteiger partial charge in [-0.1, -0.05) is 29.6 Å². The minimum atomic E-state index is -0.0551. The maximum Gasteiger partial charge on any atom is 0.225 e. The lowest BCUT2D eigenvalue weighted by atomic mass is 10.0. The van der Waals surface area contributed by atoms with Crippen molar-refractivity contribution in [3.8, 4) is 0 Å². The smallest absolute Gasteiger partial charge is 0.225 e. The summed E-state index contributed by atoms with van der Waals surface area (Å²) in [4.78, 5) is 14.4. The molecule has 0 aliphatic carbocycles. The molecular formula is C15H21Cl2N3O. The molecule has 1 aliphatic heterocycles. The van der Waals surface area contributed by atoms with Gasteiger partial charge in [0, 0.05) is 30.6 Å². The predicted molar refractivity (Wildman–Crippen MR) is 88.0 cm³/mol. The highest BCUT2D eigenvalue weighted by Crippen LogP contribution is 2.25. The van der Waals surface area contributed by atoms with Crippen molar-refractivity contribution in [2.75, 3.05) is 25.0 Å². The van der Waals surface area contributed by atoms with Gasteiger partial charge in [-0.15, -0.1) is 0 Å². The Morgan fingerprint density at radius 3 is 2.95 bits per heavy atom. The minimum Gasteiger partial charge on any atom is -0.329 e. The van der Waals surface area contributed by atoms with Gasteiger partial charge in [0.25, 0.3) is 0 Å². The van der Waals surface area contributed by atoms with Crippen LogP contribution in [0.3, 0.4) is 0 Å². The molecule has 0 aromatic heterocycles. The van der Waals surface area contributed by atoms with E-state index in [1.807, 2.05) is 0 Å². The molecule has 1 aromatic carbocycles. The number of anilines is 1. The zero-order valence-electron chi connectivity index (χ0n) is 11.9. The number of hydrogen-bond acceptors (Lipinski definition) is 3. The first-order valence-corrected chi connectivity index (χ1v) is 8.05. The molecule has 4 nitrogen and oxygen atoms in total. The number of hydrogen-bond donors (Lipinski definition) is 2. The SMILES string of the molecule is NCC1CCCCN1CCC(=O)Nc1cc(Cl)ccc1Cl. The maximum atomic E-state index is 12.0. The Bertz CT molecular complexity index is 496. The van der Waals surface area contributed by atoms with Gasteiger partial charge >= 0.3 is 0 Å². The van der Waals surface area contributed by atoms with Crippen molar-refractivity contribution < 1.29 is 4.79 Å². The van der Waals surface area contributed by atoms with Gasteiger partial charge in [-0.05, 0) is 37.6 Å². The number of carbonyl (C=O) groups excluding carboxylic acids is 1. The first-order valence-electron chi connectivity index (χ1n) is 7.29. The quantitative estimate of drug-likeness (QED) is 0.872. The van der Waals surface area contributed by atoms with Crippen LogP contribution in [0.1, 0.15) is 25.7 Å². The van der Waals surface area contributed by atoms with E-state index in [-0.39, 0.29) is 5.91 Å². The Balaban J connectivity index is 1.85. The third-order valence-electron chi connectivity index (χ3n) is 3.85. The fraction of sp³-hybridized carbons (Fsp3) is 0.533. The molecule has 0 spiro atoms. The van der Waals surface area contributed by atoms with E-state index < -0.39 is 0 Å². The normalized spacial score (nSPS) is 19.5. The van der Waals surface area contributed by atoms with Crippen LogP contribution >= 0.6 is 23.2 Å². The molecule has 3 N–H and O–H groups in total. The van der Waals surface area contributed by atoms with Crippen molar-refractivity contribution >= 4 is 34.8 Å². The summed E-state index contributed by atoms with van der Waals surface area (Å²) in [7, 11) is 0. The number of benzene rings is 1. The molecule has 1 aliphatic rings. The lowest BCUT2D eigenvalue weighted by Gasteiger charge is -2.34. The highest BCUT2D eigenvalue weighted by molar-refractivity contribution is 6.35. The first kappa shape index (κ1) is 16.6. The van der Waals surface area contributed by atoms with Crippen LogP contribution in [0.25, 0.3) is 0 Å². The fourth-order valence-electron chi connectivity index (χ4n) is 2.67. The van der Waals surface area contributed by atoms with E-state index in [9.17, 15) is 4.79 Å². The first-order chi connectivity index (χ1) is 10.1. The molecule has 1 unspecified atom stereocenters. The largest absolute Gasteiger partial charge is 0.329 e. The van der Waals surface area contributed by atoms with Crippen LogP contribution in [-0.2, 0) is 4.79 Å². The Morgan fingerprint density at radius 2 is 2.19 bits per heavy atom. The van der Waals surface area contributed by atoms with Crippen LogP contribution in [-0.4, -0.2) is 36.5 Å². The summed E-state index contributed by atoms with van der Waals surface area (Å²) in [5.74, 6) is -0.0551. The second kappa shape index (κ2) is 7.99. The molecule has 0 bridgehead atoms. The third kappa shape index (κ3) is 4.85. The third-order valence-corrected chi connectivity index (χ3v) is 4.41. The summed E-state index contributed by atoms with van der Waals surface area (Å²) in [5, 5.41) is 3.85. The van der Waals surface area contributed by atoms with E-state index in [0.29, 0.717) is 34.7 Å². The van der Waals surface area contributed by atoms with Gasteiger partial charge < -0.3 is 11.1 Å². The van der Waals surface area contributed by atoms with E-state index >= 15 is 0 Å². The average molecular weight is 330 g/mol. The van der Waals surface area contributed by atoms with Crippen molar-refractivity contribution in [2.45, 2.75) is 31.7 Å². The van der Waals surface area contributed by atoms with Crippen molar-refractivity contribution in [3.05, 3.63) is 28.2 Å². The number of halogens is 2. The van der Waals surface area contributed by atoms with Gasteiger partial charge in [-0.2, -0.15) is 0 Å². The van der Waals surface area contributed by atoms with Gasteiger partial charge in [0.1, 0.15) is 0 Å². The Morgan fingerprint density at radius 1 is 1.38 bits per heavy atom. The van der Waals surface area contributed by atoms with Crippen LogP contribution in [0.2, 0.25) is 10.0 Å². The van der Waals surface area contributed by atoms with Crippen LogP contribution in [0, 0.1) is 0 Å². The molecule has 21 heavy (non-hydrogen) atoms. The molecule has 1 fully saturated rings. The van der Waals surface area contributed by atoms with Gasteiger partial charge in [-0.25, -0.2) is 0 Å². The Labute approximate surface area is 135 Å². The minimum absolute atomic E-state index is 0.0551. The fourth-order valence-corrected chi connectivity index (χ4v) is 3.01. The summed E-state index contributed by atoms with van der Waals surface area (Å²) >= 11 is 11.9. The van der Waals surface area contributed by atoms with Crippen LogP contribution < -0.4 is 11.1 Å². The molecule has 2 rings (SSSR count). The summed E-state index contributed by atoms with van der Waals surface area (Å²) in [6.45, 7) is 2.40. The highest BCUT2D eigenvalue weighted by Gasteiger charge is 2.21.